The lowest BCUT2D eigenvalue weighted by molar-refractivity contribution is -0.150. The molecule has 0 bridgehead atoms. The van der Waals surface area contributed by atoms with Gasteiger partial charge in [-0.3, -0.25) is 19.3 Å². The molecule has 0 fully saturated rings. The van der Waals surface area contributed by atoms with Crippen LogP contribution in [-0.4, -0.2) is 35.8 Å². The first-order valence-electron chi connectivity index (χ1n) is 4.61. The molecule has 1 N–H and O–H groups in total. The molecule has 0 unspecified atom stereocenters. The Balaban J connectivity index is 2.18. The lowest BCUT2D eigenvalue weighted by atomic mass is 10.5. The number of nitrogens with zero attached hydrogens (tertiary/aromatic N) is 1. The highest BCUT2D eigenvalue weighted by molar-refractivity contribution is 6.12. The summed E-state index contributed by atoms with van der Waals surface area (Å²) in [5, 5.41) is 0. The van der Waals surface area contributed by atoms with E-state index in [9.17, 15) is 14.4 Å². The largest absolute Gasteiger partial charge is 0.371 e. The van der Waals surface area contributed by atoms with Crippen LogP contribution in [0.5, 0.6) is 0 Å². The second-order valence-corrected chi connectivity index (χ2v) is 2.88. The first-order valence-corrected chi connectivity index (χ1v) is 4.61. The van der Waals surface area contributed by atoms with Gasteiger partial charge in [-0.2, -0.15) is 5.48 Å². The number of carbonyl (C=O) groups is 3. The maximum atomic E-state index is 11.1. The van der Waals surface area contributed by atoms with E-state index in [1.807, 2.05) is 0 Å². The fourth-order valence-corrected chi connectivity index (χ4v) is 1.01. The molecule has 0 aromatic rings. The molecular formula is C9H12N2O4. The Kier molecular flexibility index (Phi) is 3.99. The van der Waals surface area contributed by atoms with Gasteiger partial charge >= 0.3 is 5.97 Å². The van der Waals surface area contributed by atoms with Gasteiger partial charge in [-0.15, -0.1) is 0 Å². The standard InChI is InChI=1S/C9H12N2O4/c1-2-9(14)15-10-5-6-11-7(12)3-4-8(11)13/h3-4,10H,2,5-6H2,1H3. The van der Waals surface area contributed by atoms with Gasteiger partial charge in [-0.1, -0.05) is 6.92 Å². The minimum atomic E-state index is -0.382. The number of imide groups is 1. The van der Waals surface area contributed by atoms with Gasteiger partial charge in [0, 0.05) is 25.1 Å². The number of hydroxylamine groups is 1. The molecule has 0 spiro atoms. The molecule has 1 rings (SSSR count). The molecule has 0 aromatic heterocycles. The highest BCUT2D eigenvalue weighted by Crippen LogP contribution is 2.01. The molecule has 0 saturated heterocycles. The highest BCUT2D eigenvalue weighted by Gasteiger charge is 2.22. The molecule has 1 heterocycles. The van der Waals surface area contributed by atoms with Crippen molar-refractivity contribution in [2.75, 3.05) is 13.1 Å². The van der Waals surface area contributed by atoms with Gasteiger partial charge in [0.15, 0.2) is 0 Å². The Labute approximate surface area is 86.8 Å². The Bertz CT molecular complexity index is 293. The van der Waals surface area contributed by atoms with Gasteiger partial charge in [0.25, 0.3) is 11.8 Å². The molecule has 6 nitrogen and oxygen atoms in total. The van der Waals surface area contributed by atoms with Gasteiger partial charge in [-0.05, 0) is 0 Å². The van der Waals surface area contributed by atoms with Crippen LogP contribution in [0.4, 0.5) is 0 Å². The van der Waals surface area contributed by atoms with Crippen molar-refractivity contribution in [2.24, 2.45) is 0 Å². The zero-order chi connectivity index (χ0) is 11.3. The van der Waals surface area contributed by atoms with E-state index < -0.39 is 0 Å². The van der Waals surface area contributed by atoms with Crippen molar-refractivity contribution in [1.82, 2.24) is 10.4 Å². The van der Waals surface area contributed by atoms with Crippen molar-refractivity contribution in [3.05, 3.63) is 12.2 Å². The second kappa shape index (κ2) is 5.26. The van der Waals surface area contributed by atoms with Crippen LogP contribution >= 0.6 is 0 Å². The average Bonchev–Trinajstić information content (AvgIpc) is 2.54. The minimum absolute atomic E-state index is 0.182. The fraction of sp³-hybridized carbons (Fsp3) is 0.444. The summed E-state index contributed by atoms with van der Waals surface area (Å²) in [7, 11) is 0. The smallest absolute Gasteiger partial charge is 0.324 e. The monoisotopic (exact) mass is 212 g/mol. The first-order chi connectivity index (χ1) is 7.15. The van der Waals surface area contributed by atoms with E-state index in [4.69, 9.17) is 0 Å². The summed E-state index contributed by atoms with van der Waals surface area (Å²) in [6.07, 6.45) is 2.69. The summed E-state index contributed by atoms with van der Waals surface area (Å²) < 4.78 is 0. The summed E-state index contributed by atoms with van der Waals surface area (Å²) in [4.78, 5) is 38.4. The van der Waals surface area contributed by atoms with Crippen LogP contribution in [0.2, 0.25) is 0 Å². The number of carbonyl (C=O) groups excluding carboxylic acids is 3. The second-order valence-electron chi connectivity index (χ2n) is 2.88. The van der Waals surface area contributed by atoms with Crippen molar-refractivity contribution < 1.29 is 19.2 Å². The SMILES string of the molecule is CCC(=O)ONCCN1C(=O)C=CC1=O. The normalized spacial score (nSPS) is 14.9. The molecule has 1 aliphatic heterocycles. The third kappa shape index (κ3) is 3.17. The van der Waals surface area contributed by atoms with Crippen molar-refractivity contribution in [2.45, 2.75) is 13.3 Å². The summed E-state index contributed by atoms with van der Waals surface area (Å²) >= 11 is 0. The average molecular weight is 212 g/mol. The number of hydrogen-bond donors (Lipinski definition) is 1. The van der Waals surface area contributed by atoms with E-state index in [-0.39, 0.29) is 37.3 Å². The van der Waals surface area contributed by atoms with Crippen molar-refractivity contribution in [1.29, 1.82) is 0 Å². The van der Waals surface area contributed by atoms with Crippen LogP contribution in [0, 0.1) is 0 Å². The topological polar surface area (TPSA) is 75.7 Å². The molecule has 15 heavy (non-hydrogen) atoms. The van der Waals surface area contributed by atoms with Crippen molar-refractivity contribution in [3.63, 3.8) is 0 Å². The minimum Gasteiger partial charge on any atom is -0.371 e. The Morgan fingerprint density at radius 3 is 2.53 bits per heavy atom. The molecule has 0 aromatic carbocycles. The molecule has 1 aliphatic rings. The van der Waals surface area contributed by atoms with Crippen LogP contribution in [0.25, 0.3) is 0 Å². The van der Waals surface area contributed by atoms with E-state index in [0.29, 0.717) is 0 Å². The molecule has 6 heteroatoms. The molecule has 0 radical (unpaired) electrons. The quantitative estimate of drug-likeness (QED) is 0.373. The van der Waals surface area contributed by atoms with Crippen molar-refractivity contribution in [3.8, 4) is 0 Å². The first kappa shape index (κ1) is 11.4. The van der Waals surface area contributed by atoms with Crippen LogP contribution < -0.4 is 5.48 Å². The Morgan fingerprint density at radius 1 is 1.40 bits per heavy atom. The molecule has 0 atom stereocenters. The van der Waals surface area contributed by atoms with Crippen LogP contribution in [0.15, 0.2) is 12.2 Å². The highest BCUT2D eigenvalue weighted by atomic mass is 16.7. The summed E-state index contributed by atoms with van der Waals surface area (Å²) in [5.41, 5.74) is 2.38. The zero-order valence-electron chi connectivity index (χ0n) is 8.36. The van der Waals surface area contributed by atoms with Gasteiger partial charge in [0.05, 0.1) is 6.54 Å². The van der Waals surface area contributed by atoms with Crippen molar-refractivity contribution >= 4 is 17.8 Å². The van der Waals surface area contributed by atoms with E-state index in [1.165, 1.54) is 12.2 Å². The number of amides is 2. The molecule has 82 valence electrons. The number of rotatable bonds is 5. The third-order valence-corrected chi connectivity index (χ3v) is 1.81. The predicted octanol–water partition coefficient (Wildman–Crippen LogP) is -0.631. The van der Waals surface area contributed by atoms with E-state index in [2.05, 4.69) is 10.3 Å². The fourth-order valence-electron chi connectivity index (χ4n) is 1.01. The number of nitrogens with one attached hydrogen (secondary N) is 1. The Hall–Kier alpha value is -1.69. The van der Waals surface area contributed by atoms with Gasteiger partial charge in [0.1, 0.15) is 0 Å². The molecular weight excluding hydrogens is 200 g/mol. The van der Waals surface area contributed by atoms with Crippen LogP contribution in [0.3, 0.4) is 0 Å². The van der Waals surface area contributed by atoms with E-state index >= 15 is 0 Å². The summed E-state index contributed by atoms with van der Waals surface area (Å²) in [5.74, 6) is -1.07. The van der Waals surface area contributed by atoms with Crippen LogP contribution in [0.1, 0.15) is 13.3 Å². The Morgan fingerprint density at radius 2 is 2.00 bits per heavy atom. The summed E-state index contributed by atoms with van der Waals surface area (Å²) in [6.45, 7) is 2.08. The van der Waals surface area contributed by atoms with Gasteiger partial charge in [-0.25, -0.2) is 0 Å². The molecule has 0 aliphatic carbocycles. The molecule has 0 saturated carbocycles. The molecule has 2 amide bonds. The maximum Gasteiger partial charge on any atom is 0.324 e. The zero-order valence-corrected chi connectivity index (χ0v) is 8.36. The van der Waals surface area contributed by atoms with E-state index in [0.717, 1.165) is 4.90 Å². The lowest BCUT2D eigenvalue weighted by Gasteiger charge is -2.13. The summed E-state index contributed by atoms with van der Waals surface area (Å²) in [6, 6.07) is 0. The van der Waals surface area contributed by atoms with Gasteiger partial charge in [0.2, 0.25) is 0 Å². The maximum absolute atomic E-state index is 11.1. The number of hydrogen-bond acceptors (Lipinski definition) is 5. The van der Waals surface area contributed by atoms with Gasteiger partial charge < -0.3 is 4.84 Å². The van der Waals surface area contributed by atoms with Crippen LogP contribution in [-0.2, 0) is 19.2 Å². The third-order valence-electron chi connectivity index (χ3n) is 1.81. The van der Waals surface area contributed by atoms with E-state index in [1.54, 1.807) is 6.92 Å². The predicted molar refractivity (Wildman–Crippen MR) is 50.2 cm³/mol. The lowest BCUT2D eigenvalue weighted by Crippen LogP contribution is -2.36.